The fourth-order valence-electron chi connectivity index (χ4n) is 1.85. The van der Waals surface area contributed by atoms with E-state index in [1.807, 2.05) is 4.98 Å². The number of aliphatic hydroxyl groups excluding tert-OH is 2. The fraction of sp³-hybridized carbons (Fsp3) is 0.556. The first-order valence-corrected chi connectivity index (χ1v) is 5.38. The van der Waals surface area contributed by atoms with Crippen molar-refractivity contribution in [3.05, 3.63) is 43.5 Å². The van der Waals surface area contributed by atoms with Crippen molar-refractivity contribution in [2.75, 3.05) is 6.54 Å². The zero-order valence-corrected chi connectivity index (χ0v) is 9.58. The molecule has 0 saturated carbocycles. The molecule has 1 aromatic heterocycles. The molecule has 0 spiro atoms. The highest BCUT2D eigenvalue weighted by Gasteiger charge is 2.43. The topological polar surface area (TPSA) is 153 Å². The summed E-state index contributed by atoms with van der Waals surface area (Å²) in [7, 11) is 0. The summed E-state index contributed by atoms with van der Waals surface area (Å²) in [6, 6.07) is 1.09. The van der Waals surface area contributed by atoms with Gasteiger partial charge in [0.1, 0.15) is 12.2 Å². The second-order valence-corrected chi connectivity index (χ2v) is 3.98. The Hall–Kier alpha value is -2.13. The first-order valence-electron chi connectivity index (χ1n) is 5.38. The van der Waals surface area contributed by atoms with Gasteiger partial charge in [-0.2, -0.15) is 0 Å². The van der Waals surface area contributed by atoms with E-state index in [2.05, 4.69) is 10.0 Å². The number of nitrogens with one attached hydrogen (secondary N) is 1. The Kier molecular flexibility index (Phi) is 3.67. The van der Waals surface area contributed by atoms with Gasteiger partial charge in [-0.1, -0.05) is 5.11 Å². The summed E-state index contributed by atoms with van der Waals surface area (Å²) in [5, 5.41) is 22.8. The molecule has 19 heavy (non-hydrogen) atoms. The number of azide groups is 1. The van der Waals surface area contributed by atoms with E-state index in [-0.39, 0.29) is 6.54 Å². The number of nitrogens with zero attached hydrogens (tertiary/aromatic N) is 4. The first kappa shape index (κ1) is 13.3. The summed E-state index contributed by atoms with van der Waals surface area (Å²) in [5.41, 5.74) is 6.85. The summed E-state index contributed by atoms with van der Waals surface area (Å²) in [6.45, 7) is -0.177. The molecular weight excluding hydrogens is 258 g/mol. The molecule has 3 N–H and O–H groups in total. The second kappa shape index (κ2) is 5.24. The minimum absolute atomic E-state index is 0.177. The van der Waals surface area contributed by atoms with Gasteiger partial charge in [0.25, 0.3) is 5.56 Å². The third kappa shape index (κ3) is 2.51. The Balaban J connectivity index is 2.28. The van der Waals surface area contributed by atoms with E-state index in [4.69, 9.17) is 10.3 Å². The number of rotatable bonds is 3. The van der Waals surface area contributed by atoms with Gasteiger partial charge in [-0.25, -0.2) is 4.79 Å². The molecule has 1 aromatic rings. The zero-order valence-electron chi connectivity index (χ0n) is 9.58. The van der Waals surface area contributed by atoms with E-state index in [0.29, 0.717) is 0 Å². The van der Waals surface area contributed by atoms with Gasteiger partial charge in [-0.15, -0.1) is 0 Å². The van der Waals surface area contributed by atoms with Crippen molar-refractivity contribution >= 4 is 0 Å². The number of aliphatic hydroxyl groups is 2. The minimum atomic E-state index is -1.37. The van der Waals surface area contributed by atoms with Crippen LogP contribution in [0.4, 0.5) is 0 Å². The van der Waals surface area contributed by atoms with E-state index < -0.39 is 35.8 Å². The molecule has 2 heterocycles. The predicted molar refractivity (Wildman–Crippen MR) is 61.3 cm³/mol. The van der Waals surface area contributed by atoms with Gasteiger partial charge in [-0.3, -0.25) is 14.3 Å². The maximum absolute atomic E-state index is 11.6. The van der Waals surface area contributed by atoms with Crippen LogP contribution in [0.3, 0.4) is 0 Å². The third-order valence-corrected chi connectivity index (χ3v) is 2.79. The number of H-pyrrole nitrogens is 1. The summed E-state index contributed by atoms with van der Waals surface area (Å²) in [5.74, 6) is 0. The molecule has 102 valence electrons. The largest absolute Gasteiger partial charge is 0.388 e. The highest BCUT2D eigenvalue weighted by atomic mass is 16.6. The second-order valence-electron chi connectivity index (χ2n) is 3.98. The maximum atomic E-state index is 11.6. The summed E-state index contributed by atoms with van der Waals surface area (Å²) >= 11 is 0. The molecule has 0 amide bonds. The normalized spacial score (nSPS) is 30.0. The van der Waals surface area contributed by atoms with Crippen molar-refractivity contribution in [3.8, 4) is 0 Å². The van der Waals surface area contributed by atoms with E-state index in [9.17, 15) is 19.8 Å². The van der Waals surface area contributed by atoms with Gasteiger partial charge in [0.15, 0.2) is 6.23 Å². The average Bonchev–Trinajstić information content (AvgIpc) is 2.64. The molecule has 1 saturated heterocycles. The maximum Gasteiger partial charge on any atom is 0.330 e. The Bertz CT molecular complexity index is 618. The van der Waals surface area contributed by atoms with Crippen molar-refractivity contribution in [2.45, 2.75) is 24.5 Å². The van der Waals surface area contributed by atoms with Gasteiger partial charge < -0.3 is 14.9 Å². The van der Waals surface area contributed by atoms with Crippen LogP contribution in [0.1, 0.15) is 6.23 Å². The monoisotopic (exact) mass is 269 g/mol. The molecule has 0 radical (unpaired) electrons. The van der Waals surface area contributed by atoms with Crippen molar-refractivity contribution in [3.63, 3.8) is 0 Å². The van der Waals surface area contributed by atoms with Crippen LogP contribution in [-0.2, 0) is 4.74 Å². The number of hydrogen-bond donors (Lipinski definition) is 3. The molecule has 0 aliphatic carbocycles. The molecule has 0 bridgehead atoms. The van der Waals surface area contributed by atoms with Crippen LogP contribution < -0.4 is 11.2 Å². The van der Waals surface area contributed by atoms with E-state index in [1.54, 1.807) is 0 Å². The molecule has 1 aliphatic heterocycles. The van der Waals surface area contributed by atoms with Crippen LogP contribution >= 0.6 is 0 Å². The third-order valence-electron chi connectivity index (χ3n) is 2.79. The summed E-state index contributed by atoms with van der Waals surface area (Å²) in [4.78, 5) is 27.0. The lowest BCUT2D eigenvalue weighted by molar-refractivity contribution is -0.0372. The highest BCUT2D eigenvalue weighted by molar-refractivity contribution is 4.93. The molecular formula is C9H11N5O5. The molecule has 4 atom stereocenters. The van der Waals surface area contributed by atoms with Crippen LogP contribution in [0, 0.1) is 0 Å². The van der Waals surface area contributed by atoms with Gasteiger partial charge in [0, 0.05) is 17.2 Å². The quantitative estimate of drug-likeness (QED) is 0.345. The fourth-order valence-corrected chi connectivity index (χ4v) is 1.85. The lowest BCUT2D eigenvalue weighted by Crippen LogP contribution is -2.37. The van der Waals surface area contributed by atoms with Crippen LogP contribution in [0.15, 0.2) is 27.0 Å². The summed E-state index contributed by atoms with van der Waals surface area (Å²) < 4.78 is 6.22. The molecule has 1 unspecified atom stereocenters. The average molecular weight is 269 g/mol. The van der Waals surface area contributed by atoms with Crippen molar-refractivity contribution in [2.24, 2.45) is 5.11 Å². The first-order chi connectivity index (χ1) is 9.04. The van der Waals surface area contributed by atoms with Gasteiger partial charge in [0.05, 0.1) is 12.6 Å². The zero-order chi connectivity index (χ0) is 14.0. The molecule has 2 rings (SSSR count). The number of aromatic amines is 1. The van der Waals surface area contributed by atoms with Crippen LogP contribution in [0.5, 0.6) is 0 Å². The van der Waals surface area contributed by atoms with Crippen LogP contribution in [0.2, 0.25) is 0 Å². The Morgan fingerprint density at radius 1 is 1.47 bits per heavy atom. The van der Waals surface area contributed by atoms with E-state index >= 15 is 0 Å². The summed E-state index contributed by atoms with van der Waals surface area (Å²) in [6.07, 6.45) is -3.60. The molecule has 10 heteroatoms. The van der Waals surface area contributed by atoms with Gasteiger partial charge >= 0.3 is 5.69 Å². The van der Waals surface area contributed by atoms with Gasteiger partial charge in [-0.05, 0) is 5.53 Å². The van der Waals surface area contributed by atoms with E-state index in [0.717, 1.165) is 16.8 Å². The Morgan fingerprint density at radius 3 is 2.84 bits per heavy atom. The molecule has 0 aromatic carbocycles. The number of hydrogen-bond acceptors (Lipinski definition) is 6. The number of ether oxygens (including phenoxy) is 1. The molecule has 1 aliphatic rings. The molecule has 1 fully saturated rings. The lowest BCUT2D eigenvalue weighted by atomic mass is 10.1. The standard InChI is InChI=1S/C9H11N5O5/c10-13-11-3-4-6(16)7(17)8(19-4)14-2-1-5(15)12-9(14)18/h1-2,4,6-8,16-17H,3H2,(H,12,15,18)/t4-,6?,7+,8-/m1/s1. The van der Waals surface area contributed by atoms with Gasteiger partial charge in [0.2, 0.25) is 0 Å². The lowest BCUT2D eigenvalue weighted by Gasteiger charge is -2.16. The Labute approximate surface area is 105 Å². The number of aromatic nitrogens is 2. The van der Waals surface area contributed by atoms with Crippen molar-refractivity contribution in [1.29, 1.82) is 0 Å². The SMILES string of the molecule is [N-]=[N+]=NC[C@H]1O[C@@H](n2ccc(=O)[nH]c2=O)[C@@H](O)C1O. The minimum Gasteiger partial charge on any atom is -0.388 e. The van der Waals surface area contributed by atoms with E-state index in [1.165, 1.54) is 0 Å². The van der Waals surface area contributed by atoms with Crippen molar-refractivity contribution < 1.29 is 14.9 Å². The predicted octanol–water partition coefficient (Wildman–Crippen LogP) is -1.53. The molecule has 10 nitrogen and oxygen atoms in total. The highest BCUT2D eigenvalue weighted by Crippen LogP contribution is 2.28. The smallest absolute Gasteiger partial charge is 0.330 e. The Morgan fingerprint density at radius 2 is 2.21 bits per heavy atom. The van der Waals surface area contributed by atoms with Crippen LogP contribution in [-0.4, -0.2) is 44.6 Å². The van der Waals surface area contributed by atoms with Crippen molar-refractivity contribution in [1.82, 2.24) is 9.55 Å². The van der Waals surface area contributed by atoms with Crippen LogP contribution in [0.25, 0.3) is 10.4 Å².